The number of likely N-dealkylation sites (N-methyl/N-ethyl adjacent to an activating group) is 1. The molecule has 2 atom stereocenters. The lowest BCUT2D eigenvalue weighted by molar-refractivity contribution is -0.132. The Labute approximate surface area is 124 Å². The molecule has 1 fully saturated rings. The summed E-state index contributed by atoms with van der Waals surface area (Å²) in [6.07, 6.45) is 0.819. The highest BCUT2D eigenvalue weighted by molar-refractivity contribution is 7.91. The maximum Gasteiger partial charge on any atom is 0.239 e. The molecule has 0 saturated carbocycles. The molecule has 1 amide bonds. The van der Waals surface area contributed by atoms with Crippen LogP contribution in [0.2, 0.25) is 0 Å². The Kier molecular flexibility index (Phi) is 4.53. The number of nitrogens with two attached hydrogens (primary N) is 1. The van der Waals surface area contributed by atoms with Crippen molar-refractivity contribution < 1.29 is 18.3 Å². The van der Waals surface area contributed by atoms with E-state index in [2.05, 4.69) is 0 Å². The number of carbonyl (C=O) groups is 1. The summed E-state index contributed by atoms with van der Waals surface area (Å²) in [6.45, 7) is 0. The molecule has 116 valence electrons. The quantitative estimate of drug-likeness (QED) is 0.809. The van der Waals surface area contributed by atoms with E-state index < -0.39 is 15.9 Å². The average Bonchev–Trinajstić information content (AvgIpc) is 2.80. The molecule has 0 aliphatic carbocycles. The molecule has 2 unspecified atom stereocenters. The SMILES string of the molecule is CN(C(=O)C(N)Cc1ccc(O)cc1)C1CCS(=O)(=O)C1. The number of carbonyl (C=O) groups excluding carboxylic acids is 1. The minimum Gasteiger partial charge on any atom is -0.508 e. The number of sulfone groups is 1. The number of hydrogen-bond donors (Lipinski definition) is 2. The number of amides is 1. The molecule has 2 rings (SSSR count). The standard InChI is InChI=1S/C14H20N2O4S/c1-16(11-6-7-21(19,20)9-11)14(18)13(15)8-10-2-4-12(17)5-3-10/h2-5,11,13,17H,6-9,15H2,1H3. The molecule has 1 heterocycles. The first-order chi connectivity index (χ1) is 9.78. The fourth-order valence-corrected chi connectivity index (χ4v) is 4.27. The second-order valence-corrected chi connectivity index (χ2v) is 7.71. The van der Waals surface area contributed by atoms with Gasteiger partial charge >= 0.3 is 0 Å². The van der Waals surface area contributed by atoms with Gasteiger partial charge < -0.3 is 15.7 Å². The van der Waals surface area contributed by atoms with Crippen molar-refractivity contribution in [2.75, 3.05) is 18.6 Å². The molecule has 0 bridgehead atoms. The predicted molar refractivity (Wildman–Crippen MR) is 79.6 cm³/mol. The van der Waals surface area contributed by atoms with E-state index in [1.54, 1.807) is 31.3 Å². The summed E-state index contributed by atoms with van der Waals surface area (Å²) in [5, 5.41) is 9.22. The van der Waals surface area contributed by atoms with E-state index in [4.69, 9.17) is 5.73 Å². The predicted octanol–water partition coefficient (Wildman–Crippen LogP) is -0.0925. The summed E-state index contributed by atoms with van der Waals surface area (Å²) in [5.74, 6) is 0.0426. The van der Waals surface area contributed by atoms with Crippen LogP contribution in [0.25, 0.3) is 0 Å². The molecule has 0 aromatic heterocycles. The Morgan fingerprint density at radius 2 is 2.05 bits per heavy atom. The van der Waals surface area contributed by atoms with Crippen molar-refractivity contribution in [3.05, 3.63) is 29.8 Å². The average molecular weight is 312 g/mol. The Bertz CT molecular complexity index is 612. The van der Waals surface area contributed by atoms with Crippen LogP contribution in [0.5, 0.6) is 5.75 Å². The molecule has 0 spiro atoms. The molecular formula is C14H20N2O4S. The first-order valence-electron chi connectivity index (χ1n) is 6.79. The van der Waals surface area contributed by atoms with Crippen molar-refractivity contribution in [1.82, 2.24) is 4.90 Å². The van der Waals surface area contributed by atoms with Crippen LogP contribution in [-0.4, -0.2) is 55.0 Å². The van der Waals surface area contributed by atoms with Crippen molar-refractivity contribution >= 4 is 15.7 Å². The Morgan fingerprint density at radius 1 is 1.43 bits per heavy atom. The smallest absolute Gasteiger partial charge is 0.239 e. The molecule has 1 aromatic carbocycles. The Balaban J connectivity index is 1.97. The third-order valence-electron chi connectivity index (χ3n) is 3.81. The fraction of sp³-hybridized carbons (Fsp3) is 0.500. The van der Waals surface area contributed by atoms with Gasteiger partial charge in [-0.1, -0.05) is 12.1 Å². The van der Waals surface area contributed by atoms with Gasteiger partial charge in [-0.2, -0.15) is 0 Å². The largest absolute Gasteiger partial charge is 0.508 e. The molecule has 6 nitrogen and oxygen atoms in total. The van der Waals surface area contributed by atoms with E-state index >= 15 is 0 Å². The molecular weight excluding hydrogens is 292 g/mol. The summed E-state index contributed by atoms with van der Waals surface area (Å²) in [6, 6.07) is 5.50. The van der Waals surface area contributed by atoms with Crippen LogP contribution in [0.15, 0.2) is 24.3 Å². The van der Waals surface area contributed by atoms with Gasteiger partial charge in [0.1, 0.15) is 5.75 Å². The topological polar surface area (TPSA) is 101 Å². The molecule has 0 radical (unpaired) electrons. The second-order valence-electron chi connectivity index (χ2n) is 5.48. The molecule has 1 aliphatic heterocycles. The van der Waals surface area contributed by atoms with Crippen LogP contribution in [0.4, 0.5) is 0 Å². The molecule has 21 heavy (non-hydrogen) atoms. The van der Waals surface area contributed by atoms with Gasteiger partial charge in [0.2, 0.25) is 5.91 Å². The first kappa shape index (κ1) is 15.8. The molecule has 3 N–H and O–H groups in total. The van der Waals surface area contributed by atoms with Crippen molar-refractivity contribution in [2.24, 2.45) is 5.73 Å². The second kappa shape index (κ2) is 6.03. The van der Waals surface area contributed by atoms with Gasteiger partial charge in [0.25, 0.3) is 0 Å². The zero-order valence-corrected chi connectivity index (χ0v) is 12.7. The van der Waals surface area contributed by atoms with Crippen LogP contribution < -0.4 is 5.73 Å². The molecule has 7 heteroatoms. The summed E-state index contributed by atoms with van der Waals surface area (Å²) in [5.41, 5.74) is 6.77. The highest BCUT2D eigenvalue weighted by atomic mass is 32.2. The number of benzene rings is 1. The molecule has 1 aliphatic rings. The third kappa shape index (κ3) is 3.95. The van der Waals surface area contributed by atoms with Gasteiger partial charge in [-0.15, -0.1) is 0 Å². The molecule has 1 saturated heterocycles. The minimum absolute atomic E-state index is 0.0150. The van der Waals surface area contributed by atoms with E-state index in [9.17, 15) is 18.3 Å². The lowest BCUT2D eigenvalue weighted by atomic mass is 10.0. The van der Waals surface area contributed by atoms with E-state index in [0.29, 0.717) is 12.8 Å². The normalized spacial score (nSPS) is 21.9. The van der Waals surface area contributed by atoms with Crippen LogP contribution >= 0.6 is 0 Å². The van der Waals surface area contributed by atoms with Crippen molar-refractivity contribution in [3.8, 4) is 5.75 Å². The summed E-state index contributed by atoms with van der Waals surface area (Å²) in [7, 11) is -1.42. The summed E-state index contributed by atoms with van der Waals surface area (Å²) in [4.78, 5) is 13.7. The van der Waals surface area contributed by atoms with Crippen LogP contribution in [-0.2, 0) is 21.1 Å². The Hall–Kier alpha value is -1.60. The highest BCUT2D eigenvalue weighted by Gasteiger charge is 2.34. The van der Waals surface area contributed by atoms with Crippen molar-refractivity contribution in [1.29, 1.82) is 0 Å². The summed E-state index contributed by atoms with van der Waals surface area (Å²) >= 11 is 0. The minimum atomic E-state index is -3.03. The number of nitrogens with zero attached hydrogens (tertiary/aromatic N) is 1. The fourth-order valence-electron chi connectivity index (χ4n) is 2.50. The number of phenols is 1. The highest BCUT2D eigenvalue weighted by Crippen LogP contribution is 2.18. The van der Waals surface area contributed by atoms with Gasteiger partial charge in [0.05, 0.1) is 17.5 Å². The number of aromatic hydroxyl groups is 1. The van der Waals surface area contributed by atoms with E-state index in [1.807, 2.05) is 0 Å². The number of hydrogen-bond acceptors (Lipinski definition) is 5. The monoisotopic (exact) mass is 312 g/mol. The van der Waals surface area contributed by atoms with Crippen molar-refractivity contribution in [3.63, 3.8) is 0 Å². The van der Waals surface area contributed by atoms with E-state index in [-0.39, 0.29) is 29.2 Å². The maximum absolute atomic E-state index is 12.3. The zero-order chi connectivity index (χ0) is 15.6. The van der Waals surface area contributed by atoms with Gasteiger partial charge in [0.15, 0.2) is 9.84 Å². The molecule has 1 aromatic rings. The van der Waals surface area contributed by atoms with E-state index in [0.717, 1.165) is 5.56 Å². The van der Waals surface area contributed by atoms with Gasteiger partial charge in [-0.05, 0) is 30.5 Å². The zero-order valence-electron chi connectivity index (χ0n) is 11.9. The first-order valence-corrected chi connectivity index (χ1v) is 8.61. The third-order valence-corrected chi connectivity index (χ3v) is 5.56. The van der Waals surface area contributed by atoms with Crippen LogP contribution in [0, 0.1) is 0 Å². The van der Waals surface area contributed by atoms with Gasteiger partial charge in [-0.25, -0.2) is 8.42 Å². The Morgan fingerprint density at radius 3 is 2.57 bits per heavy atom. The maximum atomic E-state index is 12.3. The van der Waals surface area contributed by atoms with E-state index in [1.165, 1.54) is 4.90 Å². The number of rotatable bonds is 4. The van der Waals surface area contributed by atoms with Gasteiger partial charge in [-0.3, -0.25) is 4.79 Å². The van der Waals surface area contributed by atoms with Crippen LogP contribution in [0.3, 0.4) is 0 Å². The lowest BCUT2D eigenvalue weighted by Crippen LogP contribution is -2.47. The van der Waals surface area contributed by atoms with Gasteiger partial charge in [0, 0.05) is 13.1 Å². The number of phenolic OH excluding ortho intramolecular Hbond substituents is 1. The lowest BCUT2D eigenvalue weighted by Gasteiger charge is -2.26. The van der Waals surface area contributed by atoms with Crippen LogP contribution in [0.1, 0.15) is 12.0 Å². The van der Waals surface area contributed by atoms with Crippen molar-refractivity contribution in [2.45, 2.75) is 24.9 Å². The summed E-state index contributed by atoms with van der Waals surface area (Å²) < 4.78 is 22.9.